The van der Waals surface area contributed by atoms with Crippen LogP contribution in [0.5, 0.6) is 5.75 Å². The first-order valence-corrected chi connectivity index (χ1v) is 9.46. The van der Waals surface area contributed by atoms with Crippen molar-refractivity contribution in [3.05, 3.63) is 64.5 Å². The Morgan fingerprint density at radius 2 is 2.07 bits per heavy atom. The third-order valence-electron chi connectivity index (χ3n) is 5.03. The number of rotatable bonds is 6. The number of allylic oxidation sites excluding steroid dienone is 4. The van der Waals surface area contributed by atoms with E-state index in [-0.39, 0.29) is 6.42 Å². The number of ether oxygens (including phenoxy) is 1. The van der Waals surface area contributed by atoms with E-state index >= 15 is 0 Å². The molecule has 3 rings (SSSR count). The lowest BCUT2D eigenvalue weighted by Gasteiger charge is -2.16. The monoisotopic (exact) mass is 382 g/mol. The van der Waals surface area contributed by atoms with Gasteiger partial charge >= 0.3 is 5.97 Å². The van der Waals surface area contributed by atoms with Gasteiger partial charge in [-0.2, -0.15) is 0 Å². The van der Waals surface area contributed by atoms with E-state index < -0.39 is 12.1 Å². The highest BCUT2D eigenvalue weighted by Crippen LogP contribution is 2.36. The number of benzene rings is 1. The summed E-state index contributed by atoms with van der Waals surface area (Å²) in [6, 6.07) is 3.56. The van der Waals surface area contributed by atoms with Crippen LogP contribution in [0.3, 0.4) is 0 Å². The normalized spacial score (nSPS) is 21.5. The predicted octanol–water partition coefficient (Wildman–Crippen LogP) is 5.10. The van der Waals surface area contributed by atoms with Crippen LogP contribution in [0.2, 0.25) is 0 Å². The van der Waals surface area contributed by atoms with E-state index in [4.69, 9.17) is 14.3 Å². The molecule has 1 heterocycles. The summed E-state index contributed by atoms with van der Waals surface area (Å²) in [5, 5.41) is 20.1. The van der Waals surface area contributed by atoms with Crippen LogP contribution < -0.4 is 4.74 Å². The molecule has 1 aliphatic rings. The molecule has 0 fully saturated rings. The Balaban J connectivity index is 1.92. The molecule has 0 aliphatic heterocycles. The summed E-state index contributed by atoms with van der Waals surface area (Å²) in [5.41, 5.74) is 5.19. The van der Waals surface area contributed by atoms with Crippen molar-refractivity contribution in [2.75, 3.05) is 6.61 Å². The first kappa shape index (κ1) is 20.0. The molecule has 0 spiro atoms. The van der Waals surface area contributed by atoms with Crippen LogP contribution >= 0.6 is 0 Å². The highest BCUT2D eigenvalue weighted by atomic mass is 16.5. The second kappa shape index (κ2) is 8.48. The summed E-state index contributed by atoms with van der Waals surface area (Å²) in [6.45, 7) is 6.22. The predicted molar refractivity (Wildman–Crippen MR) is 109 cm³/mol. The van der Waals surface area contributed by atoms with Gasteiger partial charge in [0.25, 0.3) is 0 Å². The molecular weight excluding hydrogens is 356 g/mol. The summed E-state index contributed by atoms with van der Waals surface area (Å²) in [4.78, 5) is 11.0. The smallest absolute Gasteiger partial charge is 0.307 e. The van der Waals surface area contributed by atoms with Gasteiger partial charge in [-0.25, -0.2) is 0 Å². The van der Waals surface area contributed by atoms with Gasteiger partial charge in [0.1, 0.15) is 17.9 Å². The lowest BCUT2D eigenvalue weighted by molar-refractivity contribution is -0.136. The molecule has 1 atom stereocenters. The van der Waals surface area contributed by atoms with E-state index in [0.29, 0.717) is 34.5 Å². The molecule has 28 heavy (non-hydrogen) atoms. The van der Waals surface area contributed by atoms with Crippen LogP contribution in [-0.2, 0) is 11.2 Å². The molecule has 1 aromatic heterocycles. The average molecular weight is 382 g/mol. The fourth-order valence-corrected chi connectivity index (χ4v) is 3.40. The molecule has 0 bridgehead atoms. The van der Waals surface area contributed by atoms with Gasteiger partial charge in [-0.15, -0.1) is 0 Å². The number of hydrogen-bond donors (Lipinski definition) is 2. The lowest BCUT2D eigenvalue weighted by Crippen LogP contribution is -2.07. The van der Waals surface area contributed by atoms with Crippen molar-refractivity contribution in [2.24, 2.45) is 0 Å². The van der Waals surface area contributed by atoms with Gasteiger partial charge < -0.3 is 19.4 Å². The first-order chi connectivity index (χ1) is 13.4. The SMILES string of the molecule is C/C1=C/C=C(COc2ccc3c(CC(=O)O)coc3c2C(C)O)\C(C)=C\CC1. The van der Waals surface area contributed by atoms with Gasteiger partial charge in [-0.05, 0) is 56.9 Å². The Kier molecular flexibility index (Phi) is 6.05. The van der Waals surface area contributed by atoms with Crippen LogP contribution in [0.4, 0.5) is 0 Å². The number of carbonyl (C=O) groups is 1. The molecule has 2 N–H and O–H groups in total. The lowest BCUT2D eigenvalue weighted by atomic mass is 10.0. The standard InChI is InChI=1S/C23H26O5/c1-14-5-4-6-15(2)17(8-7-14)12-27-20-10-9-19-18(11-21(25)26)13-28-23(19)22(20)16(3)24/h6-10,13,16,24H,4-5,11-12H2,1-3H3,(H,25,26)/b14-7-,15-6+,17-8-. The average Bonchev–Trinajstić information content (AvgIpc) is 3.01. The van der Waals surface area contributed by atoms with E-state index in [1.165, 1.54) is 17.4 Å². The number of fused-ring (bicyclic) bond motifs is 1. The minimum Gasteiger partial charge on any atom is -0.488 e. The number of aliphatic hydroxyl groups excluding tert-OH is 1. The minimum atomic E-state index is -0.927. The molecule has 0 saturated carbocycles. The van der Waals surface area contributed by atoms with Crippen LogP contribution in [0.1, 0.15) is 50.8 Å². The topological polar surface area (TPSA) is 79.9 Å². The molecule has 5 nitrogen and oxygen atoms in total. The van der Waals surface area contributed by atoms with Gasteiger partial charge in [0, 0.05) is 10.9 Å². The van der Waals surface area contributed by atoms with Gasteiger partial charge in [0.15, 0.2) is 0 Å². The second-order valence-electron chi connectivity index (χ2n) is 7.28. The van der Waals surface area contributed by atoms with E-state index in [2.05, 4.69) is 32.1 Å². The van der Waals surface area contributed by atoms with Crippen LogP contribution in [0, 0.1) is 0 Å². The largest absolute Gasteiger partial charge is 0.488 e. The van der Waals surface area contributed by atoms with E-state index in [1.807, 2.05) is 0 Å². The summed E-state index contributed by atoms with van der Waals surface area (Å²) >= 11 is 0. The van der Waals surface area contributed by atoms with Crippen molar-refractivity contribution in [3.8, 4) is 5.75 Å². The van der Waals surface area contributed by atoms with E-state index in [0.717, 1.165) is 18.4 Å². The Bertz CT molecular complexity index is 972. The molecular formula is C23H26O5. The minimum absolute atomic E-state index is 0.130. The maximum atomic E-state index is 11.0. The van der Waals surface area contributed by atoms with Crippen molar-refractivity contribution in [1.82, 2.24) is 0 Å². The maximum Gasteiger partial charge on any atom is 0.307 e. The number of aliphatic carboxylic acids is 1. The zero-order chi connectivity index (χ0) is 20.3. The van der Waals surface area contributed by atoms with Gasteiger partial charge in [-0.1, -0.05) is 23.8 Å². The molecule has 0 saturated heterocycles. The fraction of sp³-hybridized carbons (Fsp3) is 0.348. The number of aliphatic hydroxyl groups is 1. The molecule has 1 aliphatic carbocycles. The number of carboxylic acid groups (broad SMARTS) is 1. The highest BCUT2D eigenvalue weighted by molar-refractivity contribution is 5.89. The van der Waals surface area contributed by atoms with Crippen LogP contribution in [0.15, 0.2) is 57.8 Å². The van der Waals surface area contributed by atoms with Crippen molar-refractivity contribution >= 4 is 16.9 Å². The first-order valence-electron chi connectivity index (χ1n) is 9.46. The van der Waals surface area contributed by atoms with Crippen LogP contribution in [0.25, 0.3) is 11.0 Å². The maximum absolute atomic E-state index is 11.0. The van der Waals surface area contributed by atoms with Crippen molar-refractivity contribution in [2.45, 2.75) is 46.1 Å². The third-order valence-corrected chi connectivity index (χ3v) is 5.03. The zero-order valence-corrected chi connectivity index (χ0v) is 16.5. The number of hydrogen-bond acceptors (Lipinski definition) is 4. The summed E-state index contributed by atoms with van der Waals surface area (Å²) in [5.74, 6) is -0.390. The summed E-state index contributed by atoms with van der Waals surface area (Å²) in [6.07, 6.45) is 8.98. The summed E-state index contributed by atoms with van der Waals surface area (Å²) in [7, 11) is 0. The van der Waals surface area contributed by atoms with E-state index in [9.17, 15) is 9.90 Å². The third kappa shape index (κ3) is 4.37. The van der Waals surface area contributed by atoms with Gasteiger partial charge in [0.05, 0.1) is 24.4 Å². The molecule has 1 aromatic carbocycles. The van der Waals surface area contributed by atoms with Crippen molar-refractivity contribution < 1.29 is 24.2 Å². The Labute approximate surface area is 164 Å². The molecule has 2 aromatic rings. The van der Waals surface area contributed by atoms with Gasteiger partial charge in [-0.3, -0.25) is 4.79 Å². The molecule has 1 unspecified atom stereocenters. The number of carboxylic acids is 1. The quantitative estimate of drug-likeness (QED) is 0.726. The van der Waals surface area contributed by atoms with Crippen molar-refractivity contribution in [1.29, 1.82) is 0 Å². The summed E-state index contributed by atoms with van der Waals surface area (Å²) < 4.78 is 11.7. The molecule has 5 heteroatoms. The van der Waals surface area contributed by atoms with Crippen molar-refractivity contribution in [3.63, 3.8) is 0 Å². The molecule has 0 amide bonds. The molecule has 0 radical (unpaired) electrons. The highest BCUT2D eigenvalue weighted by Gasteiger charge is 2.20. The Hall–Kier alpha value is -2.79. The van der Waals surface area contributed by atoms with E-state index in [1.54, 1.807) is 19.1 Å². The second-order valence-corrected chi connectivity index (χ2v) is 7.28. The molecule has 148 valence electrons. The number of furan rings is 1. The van der Waals surface area contributed by atoms with Gasteiger partial charge in [0.2, 0.25) is 0 Å². The van der Waals surface area contributed by atoms with Crippen LogP contribution in [-0.4, -0.2) is 22.8 Å². The zero-order valence-electron chi connectivity index (χ0n) is 16.5. The fourth-order valence-electron chi connectivity index (χ4n) is 3.40. The Morgan fingerprint density at radius 1 is 1.29 bits per heavy atom. The Morgan fingerprint density at radius 3 is 2.79 bits per heavy atom.